The predicted octanol–water partition coefficient (Wildman–Crippen LogP) is 3.14. The first-order chi connectivity index (χ1) is 9.10. The standard InChI is InChI=1S/C13H10ClFN2O2/c1-19-11-3-2-9(14)7-10(11)17-13(18)8-4-5-16-12(15)6-8/h2-7H,1H3,(H,17,18). The van der Waals surface area contributed by atoms with Gasteiger partial charge >= 0.3 is 0 Å². The Morgan fingerprint density at radius 3 is 2.84 bits per heavy atom. The van der Waals surface area contributed by atoms with Crippen LogP contribution in [0.1, 0.15) is 10.4 Å². The van der Waals surface area contributed by atoms with E-state index < -0.39 is 11.9 Å². The molecule has 0 aliphatic heterocycles. The quantitative estimate of drug-likeness (QED) is 0.879. The van der Waals surface area contributed by atoms with Crippen molar-refractivity contribution in [1.82, 2.24) is 4.98 Å². The van der Waals surface area contributed by atoms with Gasteiger partial charge in [0.05, 0.1) is 12.8 Å². The van der Waals surface area contributed by atoms with Gasteiger partial charge in [0.1, 0.15) is 5.75 Å². The molecule has 0 unspecified atom stereocenters. The Morgan fingerprint density at radius 2 is 2.16 bits per heavy atom. The van der Waals surface area contributed by atoms with Gasteiger partial charge in [-0.2, -0.15) is 4.39 Å². The molecule has 1 aromatic carbocycles. The van der Waals surface area contributed by atoms with E-state index in [1.807, 2.05) is 0 Å². The summed E-state index contributed by atoms with van der Waals surface area (Å²) < 4.78 is 18.0. The van der Waals surface area contributed by atoms with Crippen LogP contribution in [0.4, 0.5) is 10.1 Å². The fraction of sp³-hybridized carbons (Fsp3) is 0.0769. The molecule has 0 aliphatic rings. The topological polar surface area (TPSA) is 51.2 Å². The van der Waals surface area contributed by atoms with E-state index in [9.17, 15) is 9.18 Å². The van der Waals surface area contributed by atoms with Gasteiger partial charge in [-0.3, -0.25) is 4.79 Å². The molecule has 4 nitrogen and oxygen atoms in total. The average Bonchev–Trinajstić information content (AvgIpc) is 2.39. The van der Waals surface area contributed by atoms with Crippen molar-refractivity contribution >= 4 is 23.2 Å². The number of methoxy groups -OCH3 is 1. The van der Waals surface area contributed by atoms with Crippen molar-refractivity contribution in [2.45, 2.75) is 0 Å². The first-order valence-electron chi connectivity index (χ1n) is 5.36. The first kappa shape index (κ1) is 13.3. The molecule has 0 atom stereocenters. The predicted molar refractivity (Wildman–Crippen MR) is 70.2 cm³/mol. The first-order valence-corrected chi connectivity index (χ1v) is 5.74. The summed E-state index contributed by atoms with van der Waals surface area (Å²) in [4.78, 5) is 15.3. The van der Waals surface area contributed by atoms with Crippen LogP contribution < -0.4 is 10.1 Å². The molecular formula is C13H10ClFN2O2. The summed E-state index contributed by atoms with van der Waals surface area (Å²) in [5.74, 6) is -0.722. The number of carbonyl (C=O) groups is 1. The minimum Gasteiger partial charge on any atom is -0.495 e. The lowest BCUT2D eigenvalue weighted by Crippen LogP contribution is -2.13. The van der Waals surface area contributed by atoms with Crippen molar-refractivity contribution < 1.29 is 13.9 Å². The van der Waals surface area contributed by atoms with E-state index in [2.05, 4.69) is 10.3 Å². The van der Waals surface area contributed by atoms with Crippen LogP contribution >= 0.6 is 11.6 Å². The summed E-state index contributed by atoms with van der Waals surface area (Å²) in [6.07, 6.45) is 1.22. The van der Waals surface area contributed by atoms with Crippen molar-refractivity contribution in [2.75, 3.05) is 12.4 Å². The normalized spacial score (nSPS) is 10.1. The molecule has 1 N–H and O–H groups in total. The number of ether oxygens (including phenoxy) is 1. The Balaban J connectivity index is 2.26. The van der Waals surface area contributed by atoms with Crippen molar-refractivity contribution in [2.24, 2.45) is 0 Å². The molecule has 1 heterocycles. The molecule has 6 heteroatoms. The van der Waals surface area contributed by atoms with E-state index in [1.165, 1.54) is 19.4 Å². The zero-order valence-electron chi connectivity index (χ0n) is 9.98. The Bertz CT molecular complexity index is 619. The molecular weight excluding hydrogens is 271 g/mol. The fourth-order valence-electron chi connectivity index (χ4n) is 1.52. The van der Waals surface area contributed by atoms with E-state index in [4.69, 9.17) is 16.3 Å². The van der Waals surface area contributed by atoms with Gasteiger partial charge in [0, 0.05) is 22.8 Å². The summed E-state index contributed by atoms with van der Waals surface area (Å²) in [5, 5.41) is 3.06. The third-order valence-corrected chi connectivity index (χ3v) is 2.63. The van der Waals surface area contributed by atoms with E-state index in [0.29, 0.717) is 16.5 Å². The highest BCUT2D eigenvalue weighted by atomic mass is 35.5. The van der Waals surface area contributed by atoms with Crippen molar-refractivity contribution in [3.63, 3.8) is 0 Å². The maximum absolute atomic E-state index is 12.9. The molecule has 0 saturated heterocycles. The number of amides is 1. The monoisotopic (exact) mass is 280 g/mol. The lowest BCUT2D eigenvalue weighted by molar-refractivity contribution is 0.102. The largest absolute Gasteiger partial charge is 0.495 e. The van der Waals surface area contributed by atoms with Crippen LogP contribution in [-0.4, -0.2) is 18.0 Å². The van der Waals surface area contributed by atoms with E-state index in [-0.39, 0.29) is 5.56 Å². The molecule has 0 spiro atoms. The maximum atomic E-state index is 12.9. The Labute approximate surface area is 114 Å². The highest BCUT2D eigenvalue weighted by Gasteiger charge is 2.11. The molecule has 0 aliphatic carbocycles. The number of hydrogen-bond donors (Lipinski definition) is 1. The SMILES string of the molecule is COc1ccc(Cl)cc1NC(=O)c1ccnc(F)c1. The molecule has 0 bridgehead atoms. The summed E-state index contributed by atoms with van der Waals surface area (Å²) in [7, 11) is 1.48. The van der Waals surface area contributed by atoms with Gasteiger partial charge in [0.25, 0.3) is 5.91 Å². The summed E-state index contributed by atoms with van der Waals surface area (Å²) in [6.45, 7) is 0. The lowest BCUT2D eigenvalue weighted by atomic mass is 10.2. The molecule has 2 aromatic rings. The molecule has 0 saturated carbocycles. The average molecular weight is 281 g/mol. The second-order valence-electron chi connectivity index (χ2n) is 3.67. The number of hydrogen-bond acceptors (Lipinski definition) is 3. The molecule has 19 heavy (non-hydrogen) atoms. The van der Waals surface area contributed by atoms with Gasteiger partial charge in [-0.15, -0.1) is 0 Å². The van der Waals surface area contributed by atoms with Crippen LogP contribution in [0, 0.1) is 5.95 Å². The van der Waals surface area contributed by atoms with Gasteiger partial charge in [-0.25, -0.2) is 4.98 Å². The number of pyridine rings is 1. The minimum absolute atomic E-state index is 0.162. The molecule has 0 fully saturated rings. The second kappa shape index (κ2) is 5.67. The van der Waals surface area contributed by atoms with E-state index in [1.54, 1.807) is 18.2 Å². The summed E-state index contributed by atoms with van der Waals surface area (Å²) in [5.41, 5.74) is 0.576. The minimum atomic E-state index is -0.717. The molecule has 1 amide bonds. The molecule has 2 rings (SSSR count). The Hall–Kier alpha value is -2.14. The molecule has 0 radical (unpaired) electrons. The van der Waals surface area contributed by atoms with Gasteiger partial charge < -0.3 is 10.1 Å². The van der Waals surface area contributed by atoms with Crippen LogP contribution in [0.25, 0.3) is 0 Å². The van der Waals surface area contributed by atoms with Crippen LogP contribution in [0.15, 0.2) is 36.5 Å². The molecule has 98 valence electrons. The number of benzene rings is 1. The van der Waals surface area contributed by atoms with Gasteiger partial charge in [-0.1, -0.05) is 11.6 Å². The third-order valence-electron chi connectivity index (χ3n) is 2.40. The van der Waals surface area contributed by atoms with Crippen LogP contribution in [-0.2, 0) is 0 Å². The number of halogens is 2. The number of nitrogens with zero attached hydrogens (tertiary/aromatic N) is 1. The van der Waals surface area contributed by atoms with Crippen molar-refractivity contribution in [3.05, 3.63) is 53.1 Å². The third kappa shape index (κ3) is 3.20. The maximum Gasteiger partial charge on any atom is 0.255 e. The highest BCUT2D eigenvalue weighted by Crippen LogP contribution is 2.28. The Kier molecular flexibility index (Phi) is 3.97. The zero-order valence-corrected chi connectivity index (χ0v) is 10.7. The summed E-state index contributed by atoms with van der Waals surface area (Å²) >= 11 is 5.85. The number of rotatable bonds is 3. The van der Waals surface area contributed by atoms with Crippen molar-refractivity contribution in [3.8, 4) is 5.75 Å². The number of carbonyl (C=O) groups excluding carboxylic acids is 1. The van der Waals surface area contributed by atoms with Gasteiger partial charge in [0.15, 0.2) is 0 Å². The lowest BCUT2D eigenvalue weighted by Gasteiger charge is -2.10. The van der Waals surface area contributed by atoms with Crippen LogP contribution in [0.3, 0.4) is 0 Å². The van der Waals surface area contributed by atoms with E-state index >= 15 is 0 Å². The number of nitrogens with one attached hydrogen (secondary N) is 1. The van der Waals surface area contributed by atoms with Gasteiger partial charge in [-0.05, 0) is 24.3 Å². The fourth-order valence-corrected chi connectivity index (χ4v) is 1.69. The smallest absolute Gasteiger partial charge is 0.255 e. The second-order valence-corrected chi connectivity index (χ2v) is 4.10. The van der Waals surface area contributed by atoms with Crippen LogP contribution in [0.2, 0.25) is 5.02 Å². The number of anilines is 1. The van der Waals surface area contributed by atoms with E-state index in [0.717, 1.165) is 6.07 Å². The summed E-state index contributed by atoms with van der Waals surface area (Å²) in [6, 6.07) is 7.28. The Morgan fingerprint density at radius 1 is 1.37 bits per heavy atom. The molecule has 1 aromatic heterocycles. The number of aromatic nitrogens is 1. The zero-order chi connectivity index (χ0) is 13.8. The van der Waals surface area contributed by atoms with Gasteiger partial charge in [0.2, 0.25) is 5.95 Å². The highest BCUT2D eigenvalue weighted by molar-refractivity contribution is 6.31. The van der Waals surface area contributed by atoms with Crippen molar-refractivity contribution in [1.29, 1.82) is 0 Å². The van der Waals surface area contributed by atoms with Crippen LogP contribution in [0.5, 0.6) is 5.75 Å².